The molecule has 0 bridgehead atoms. The fourth-order valence-electron chi connectivity index (χ4n) is 4.12. The zero-order valence-electron chi connectivity index (χ0n) is 22.8. The van der Waals surface area contributed by atoms with Crippen LogP contribution in [0.4, 0.5) is 18.9 Å². The first-order chi connectivity index (χ1) is 19.3. The number of hydrogen-bond donors (Lipinski definition) is 1. The van der Waals surface area contributed by atoms with Crippen molar-refractivity contribution >= 4 is 39.1 Å². The summed E-state index contributed by atoms with van der Waals surface area (Å²) in [7, 11) is -4.52. The summed E-state index contributed by atoms with van der Waals surface area (Å²) in [5, 5.41) is 2.11. The molecule has 0 fully saturated rings. The van der Waals surface area contributed by atoms with Gasteiger partial charge in [0.05, 0.1) is 21.2 Å². The molecule has 0 spiro atoms. The SMILES string of the molecule is CCCNC(=O)[C@@H](C)N(Cc1cccc(C)c1)C(=O)CN(c1ccc(Cl)c(C(F)(F)F)c1)S(=O)(=O)c1ccccc1. The molecule has 0 heterocycles. The number of aryl methyl sites for hydroxylation is 1. The first-order valence-corrected chi connectivity index (χ1v) is 14.6. The van der Waals surface area contributed by atoms with Crippen molar-refractivity contribution in [3.63, 3.8) is 0 Å². The highest BCUT2D eigenvalue weighted by Crippen LogP contribution is 2.38. The Bertz CT molecular complexity index is 1480. The van der Waals surface area contributed by atoms with Crippen LogP contribution in [-0.2, 0) is 32.3 Å². The van der Waals surface area contributed by atoms with E-state index >= 15 is 0 Å². The first kappa shape index (κ1) is 32.0. The number of benzene rings is 3. The van der Waals surface area contributed by atoms with Crippen LogP contribution < -0.4 is 9.62 Å². The topological polar surface area (TPSA) is 86.8 Å². The Hall–Kier alpha value is -3.57. The van der Waals surface area contributed by atoms with Gasteiger partial charge in [-0.15, -0.1) is 0 Å². The van der Waals surface area contributed by atoms with Gasteiger partial charge in [0.2, 0.25) is 11.8 Å². The lowest BCUT2D eigenvalue weighted by Crippen LogP contribution is -2.51. The van der Waals surface area contributed by atoms with Gasteiger partial charge in [0.1, 0.15) is 12.6 Å². The minimum Gasteiger partial charge on any atom is -0.354 e. The lowest BCUT2D eigenvalue weighted by molar-refractivity contribution is -0.139. The molecular weight excluding hydrogens is 579 g/mol. The van der Waals surface area contributed by atoms with Gasteiger partial charge in [-0.05, 0) is 56.2 Å². The molecule has 220 valence electrons. The fourth-order valence-corrected chi connectivity index (χ4v) is 5.77. The normalized spacial score (nSPS) is 12.5. The third-order valence-corrected chi connectivity index (χ3v) is 8.42. The summed E-state index contributed by atoms with van der Waals surface area (Å²) in [6.45, 7) is 4.71. The second-order valence-corrected chi connectivity index (χ2v) is 11.7. The highest BCUT2D eigenvalue weighted by Gasteiger charge is 2.36. The highest BCUT2D eigenvalue weighted by atomic mass is 35.5. The van der Waals surface area contributed by atoms with Crippen molar-refractivity contribution in [3.05, 3.63) is 94.5 Å². The van der Waals surface area contributed by atoms with Crippen molar-refractivity contribution in [1.82, 2.24) is 10.2 Å². The van der Waals surface area contributed by atoms with Crippen LogP contribution >= 0.6 is 11.6 Å². The van der Waals surface area contributed by atoms with Crippen LogP contribution in [0, 0.1) is 6.92 Å². The van der Waals surface area contributed by atoms with Gasteiger partial charge in [0.15, 0.2) is 0 Å². The van der Waals surface area contributed by atoms with Gasteiger partial charge >= 0.3 is 6.18 Å². The van der Waals surface area contributed by atoms with E-state index < -0.39 is 56.9 Å². The number of halogens is 4. The summed E-state index contributed by atoms with van der Waals surface area (Å²) in [5.74, 6) is -1.23. The molecule has 3 rings (SSSR count). The van der Waals surface area contributed by atoms with Crippen molar-refractivity contribution in [2.75, 3.05) is 17.4 Å². The van der Waals surface area contributed by atoms with Crippen LogP contribution in [-0.4, -0.2) is 44.3 Å². The van der Waals surface area contributed by atoms with Gasteiger partial charge in [0, 0.05) is 13.1 Å². The first-order valence-electron chi connectivity index (χ1n) is 12.8. The summed E-state index contributed by atoms with van der Waals surface area (Å²) >= 11 is 5.79. The standard InChI is InChI=1S/C29H31ClF3N3O4S/c1-4-15-34-28(38)21(3)35(18-22-10-8-9-20(2)16-22)27(37)19-36(41(39,40)24-11-6-5-7-12-24)23-13-14-26(30)25(17-23)29(31,32)33/h5-14,16-17,21H,4,15,18-19H2,1-3H3,(H,34,38)/t21-/m1/s1. The summed E-state index contributed by atoms with van der Waals surface area (Å²) in [6.07, 6.45) is -4.21. The average Bonchev–Trinajstić information content (AvgIpc) is 2.93. The Labute approximate surface area is 243 Å². The summed E-state index contributed by atoms with van der Waals surface area (Å²) < 4.78 is 69.2. The molecule has 41 heavy (non-hydrogen) atoms. The molecule has 3 aromatic carbocycles. The monoisotopic (exact) mass is 609 g/mol. The van der Waals surface area contributed by atoms with E-state index in [1.54, 1.807) is 18.2 Å². The van der Waals surface area contributed by atoms with Crippen LogP contribution in [0.25, 0.3) is 0 Å². The number of anilines is 1. The molecule has 3 aromatic rings. The fraction of sp³-hybridized carbons (Fsp3) is 0.310. The summed E-state index contributed by atoms with van der Waals surface area (Å²) in [4.78, 5) is 27.7. The van der Waals surface area contributed by atoms with E-state index in [-0.39, 0.29) is 11.4 Å². The maximum Gasteiger partial charge on any atom is 0.417 e. The van der Waals surface area contributed by atoms with Gasteiger partial charge in [-0.3, -0.25) is 13.9 Å². The van der Waals surface area contributed by atoms with E-state index in [1.165, 1.54) is 36.1 Å². The molecule has 12 heteroatoms. The van der Waals surface area contributed by atoms with Gasteiger partial charge in [-0.2, -0.15) is 13.2 Å². The van der Waals surface area contributed by atoms with E-state index in [2.05, 4.69) is 5.32 Å². The maximum absolute atomic E-state index is 13.9. The molecule has 2 amide bonds. The number of amides is 2. The summed E-state index contributed by atoms with van der Waals surface area (Å²) in [6, 6.07) is 15.9. The Morgan fingerprint density at radius 2 is 1.68 bits per heavy atom. The number of sulfonamides is 1. The van der Waals surface area contributed by atoms with Crippen LogP contribution in [0.5, 0.6) is 0 Å². The molecule has 0 aromatic heterocycles. The van der Waals surface area contributed by atoms with Crippen LogP contribution in [0.1, 0.15) is 37.0 Å². The van der Waals surface area contributed by atoms with Crippen molar-refractivity contribution in [2.45, 2.75) is 50.9 Å². The van der Waals surface area contributed by atoms with Gasteiger partial charge in [-0.25, -0.2) is 8.42 Å². The lowest BCUT2D eigenvalue weighted by Gasteiger charge is -2.32. The Kier molecular flexibility index (Phi) is 10.4. The number of nitrogens with one attached hydrogen (secondary N) is 1. The Morgan fingerprint density at radius 1 is 1.00 bits per heavy atom. The molecular formula is C29H31ClF3N3O4S. The van der Waals surface area contributed by atoms with Crippen LogP contribution in [0.3, 0.4) is 0 Å². The minimum atomic E-state index is -4.87. The predicted octanol–water partition coefficient (Wildman–Crippen LogP) is 5.81. The van der Waals surface area contributed by atoms with Gasteiger partial charge < -0.3 is 10.2 Å². The number of hydrogen-bond acceptors (Lipinski definition) is 4. The zero-order chi connectivity index (χ0) is 30.4. The zero-order valence-corrected chi connectivity index (χ0v) is 24.4. The predicted molar refractivity (Wildman–Crippen MR) is 152 cm³/mol. The van der Waals surface area contributed by atoms with Crippen molar-refractivity contribution in [3.8, 4) is 0 Å². The smallest absolute Gasteiger partial charge is 0.354 e. The molecule has 0 unspecified atom stereocenters. The third-order valence-electron chi connectivity index (χ3n) is 6.31. The van der Waals surface area contributed by atoms with Crippen LogP contribution in [0.2, 0.25) is 5.02 Å². The second kappa shape index (κ2) is 13.4. The van der Waals surface area contributed by atoms with E-state index in [0.717, 1.165) is 17.7 Å². The third kappa shape index (κ3) is 8.01. The Balaban J connectivity index is 2.10. The quantitative estimate of drug-likeness (QED) is 0.297. The van der Waals surface area contributed by atoms with Gasteiger partial charge in [0.25, 0.3) is 10.0 Å². The van der Waals surface area contributed by atoms with E-state index in [1.807, 2.05) is 26.0 Å². The molecule has 0 aliphatic heterocycles. The molecule has 0 saturated carbocycles. The number of alkyl halides is 3. The molecule has 7 nitrogen and oxygen atoms in total. The lowest BCUT2D eigenvalue weighted by atomic mass is 10.1. The van der Waals surface area contributed by atoms with Crippen LogP contribution in [0.15, 0.2) is 77.7 Å². The number of rotatable bonds is 11. The Morgan fingerprint density at radius 3 is 2.29 bits per heavy atom. The summed E-state index contributed by atoms with van der Waals surface area (Å²) in [5.41, 5.74) is -0.0530. The van der Waals surface area contributed by atoms with Gasteiger partial charge in [-0.1, -0.05) is 66.6 Å². The molecule has 1 atom stereocenters. The molecule has 1 N–H and O–H groups in total. The van der Waals surface area contributed by atoms with E-state index in [4.69, 9.17) is 11.6 Å². The number of carbonyl (C=O) groups is 2. The number of nitrogens with zero attached hydrogens (tertiary/aromatic N) is 2. The van der Waals surface area contributed by atoms with Crippen molar-refractivity contribution in [1.29, 1.82) is 0 Å². The number of carbonyl (C=O) groups excluding carboxylic acids is 2. The maximum atomic E-state index is 13.9. The largest absolute Gasteiger partial charge is 0.417 e. The van der Waals surface area contributed by atoms with E-state index in [0.29, 0.717) is 28.9 Å². The van der Waals surface area contributed by atoms with Crippen molar-refractivity contribution in [2.24, 2.45) is 0 Å². The molecule has 0 aliphatic rings. The molecule has 0 saturated heterocycles. The average molecular weight is 610 g/mol. The van der Waals surface area contributed by atoms with Crippen molar-refractivity contribution < 1.29 is 31.2 Å². The highest BCUT2D eigenvalue weighted by molar-refractivity contribution is 7.92. The minimum absolute atomic E-state index is 0.0329. The second-order valence-electron chi connectivity index (χ2n) is 9.46. The van der Waals surface area contributed by atoms with E-state index in [9.17, 15) is 31.2 Å². The molecule has 0 radical (unpaired) electrons. The molecule has 0 aliphatic carbocycles.